The molecule has 0 N–H and O–H groups in total. The molecule has 2 aromatic carbocycles. The van der Waals surface area contributed by atoms with E-state index in [0.717, 1.165) is 25.9 Å². The zero-order valence-electron chi connectivity index (χ0n) is 31.9. The molecule has 0 aliphatic carbocycles. The summed E-state index contributed by atoms with van der Waals surface area (Å²) in [4.78, 5) is 2.57. The van der Waals surface area contributed by atoms with Gasteiger partial charge in [-0.1, -0.05) is 44.2 Å². The first-order valence-corrected chi connectivity index (χ1v) is 19.0. The highest BCUT2D eigenvalue weighted by Crippen LogP contribution is 2.54. The summed E-state index contributed by atoms with van der Waals surface area (Å²) in [6.45, 7) is 19.4. The molecular formula is C41H57N4O4P. The predicted molar refractivity (Wildman–Crippen MR) is 204 cm³/mol. The van der Waals surface area contributed by atoms with E-state index in [0.29, 0.717) is 32.3 Å². The van der Waals surface area contributed by atoms with Gasteiger partial charge < -0.3 is 30.8 Å². The van der Waals surface area contributed by atoms with Gasteiger partial charge in [0.05, 0.1) is 49.9 Å². The quantitative estimate of drug-likeness (QED) is 0.112. The lowest BCUT2D eigenvalue weighted by molar-refractivity contribution is -0.445. The molecule has 3 atom stereocenters. The summed E-state index contributed by atoms with van der Waals surface area (Å²) >= 11 is 0. The second-order valence-electron chi connectivity index (χ2n) is 14.9. The van der Waals surface area contributed by atoms with Crippen molar-refractivity contribution < 1.29 is 23.1 Å². The molecule has 7 rings (SSSR count). The molecule has 9 heteroatoms. The van der Waals surface area contributed by atoms with Crippen LogP contribution in [-0.4, -0.2) is 73.7 Å². The minimum Gasteiger partial charge on any atom is -0.380 e. The molecule has 3 unspecified atom stereocenters. The first-order valence-electron chi connectivity index (χ1n) is 17.9. The molecule has 0 amide bonds. The van der Waals surface area contributed by atoms with E-state index in [1.807, 2.05) is 20.0 Å². The van der Waals surface area contributed by atoms with E-state index < -0.39 is 8.53 Å². The third kappa shape index (κ3) is 6.74. The number of allylic oxidation sites excluding steroid dienone is 1. The van der Waals surface area contributed by atoms with Crippen molar-refractivity contribution in [2.45, 2.75) is 103 Å². The van der Waals surface area contributed by atoms with E-state index in [4.69, 9.17) is 23.8 Å². The number of hydrogen-bond donors (Lipinski definition) is 0. The number of nitrogens with zero attached hydrogens (tertiary/aromatic N) is 4. The minimum absolute atomic E-state index is 0. The number of anilines is 1. The second kappa shape index (κ2) is 15.4. The van der Waals surface area contributed by atoms with Gasteiger partial charge in [0.1, 0.15) is 0 Å². The van der Waals surface area contributed by atoms with E-state index in [1.54, 1.807) is 7.11 Å². The number of fused-ring (bicyclic) bond motifs is 8. The number of benzene rings is 2. The monoisotopic (exact) mass is 700 g/mol. The molecule has 0 bridgehead atoms. The molecule has 0 radical (unpaired) electrons. The number of hydrogen-bond acceptors (Lipinski definition) is 7. The largest absolute Gasteiger partial charge is 0.380 e. The lowest BCUT2D eigenvalue weighted by atomic mass is 9.74. The van der Waals surface area contributed by atoms with Crippen LogP contribution >= 0.6 is 8.53 Å². The molecule has 50 heavy (non-hydrogen) atoms. The van der Waals surface area contributed by atoms with Crippen LogP contribution < -0.4 is 4.90 Å². The first-order chi connectivity index (χ1) is 23.4. The normalized spacial score (nSPS) is 22.6. The molecule has 2 aromatic rings. The Labute approximate surface area is 302 Å². The smallest absolute Gasteiger partial charge is 0.258 e. The highest BCUT2D eigenvalue weighted by atomic mass is 31.2. The molecule has 0 saturated carbocycles. The Morgan fingerprint density at radius 1 is 1.06 bits per heavy atom. The van der Waals surface area contributed by atoms with Crippen LogP contribution in [0, 0.1) is 18.8 Å². The number of nitriles is 1. The molecule has 0 saturated heterocycles. The number of methoxy groups -OCH3 is 1. The summed E-state index contributed by atoms with van der Waals surface area (Å²) in [6, 6.07) is 18.2. The summed E-state index contributed by atoms with van der Waals surface area (Å²) in [7, 11) is 2.75. The van der Waals surface area contributed by atoms with Crippen LogP contribution in [0.15, 0.2) is 65.4 Å². The van der Waals surface area contributed by atoms with Gasteiger partial charge >= 0.3 is 0 Å². The van der Waals surface area contributed by atoms with E-state index >= 15 is 0 Å². The molecule has 0 fully saturated rings. The highest BCUT2D eigenvalue weighted by molar-refractivity contribution is 7.44. The molecule has 0 aromatic heterocycles. The molecule has 270 valence electrons. The van der Waals surface area contributed by atoms with Gasteiger partial charge in [-0.25, -0.2) is 4.67 Å². The van der Waals surface area contributed by atoms with Gasteiger partial charge in [-0.15, -0.1) is 0 Å². The Morgan fingerprint density at radius 2 is 1.82 bits per heavy atom. The van der Waals surface area contributed by atoms with Crippen LogP contribution in [0.1, 0.15) is 84.4 Å². The van der Waals surface area contributed by atoms with Crippen LogP contribution in [0.3, 0.4) is 0 Å². The summed E-state index contributed by atoms with van der Waals surface area (Å²) in [5.74, 6) is 0. The molecule has 5 heterocycles. The Hall–Kier alpha value is -2.89. The average Bonchev–Trinajstić information content (AvgIpc) is 3.46. The SMILES string of the molecule is CCOP(OCCC#N)N(C)C(C)C.COCc1ccc2c(c1)C(C)(C)C1=C3C=C4C5=[N+](CCC4OC3CCN12)c1ccccc1C5(C)C.[CH3-]. The fourth-order valence-electron chi connectivity index (χ4n) is 8.25. The molecular weight excluding hydrogens is 643 g/mol. The Kier molecular flexibility index (Phi) is 11.8. The van der Waals surface area contributed by atoms with Gasteiger partial charge in [0.2, 0.25) is 5.69 Å². The van der Waals surface area contributed by atoms with Crippen molar-refractivity contribution in [2.75, 3.05) is 45.4 Å². The van der Waals surface area contributed by atoms with Crippen molar-refractivity contribution in [3.8, 4) is 6.07 Å². The molecule has 5 aliphatic heterocycles. The average molecular weight is 701 g/mol. The van der Waals surface area contributed by atoms with Crippen molar-refractivity contribution in [3.05, 3.63) is 89.5 Å². The number of para-hydroxylation sites is 1. The standard InChI is InChI=1S/C31H35N2O2.C9H19N2O2P.CH3/c1-30(2)22-8-6-7-9-24(22)32-14-12-26-20(28(30)32)17-21-27(35-26)13-15-33-25-11-10-19(18-34-5)16-23(25)31(3,4)29(21)33;1-5-12-14(11(4)9(2)3)13-8-6-7-10;/h6-11,16-17,26-27H,12-15,18H2,1-5H3;9H,5-6,8H2,1-4H3;1H3/q+1;;-1. The van der Waals surface area contributed by atoms with E-state index in [2.05, 4.69) is 104 Å². The molecule has 5 aliphatic rings. The van der Waals surface area contributed by atoms with Gasteiger partial charge in [0.25, 0.3) is 8.53 Å². The fourth-order valence-corrected chi connectivity index (χ4v) is 9.53. The van der Waals surface area contributed by atoms with Gasteiger partial charge in [0, 0.05) is 65.7 Å². The zero-order valence-corrected chi connectivity index (χ0v) is 32.8. The maximum atomic E-state index is 8.38. The van der Waals surface area contributed by atoms with Crippen molar-refractivity contribution >= 4 is 25.6 Å². The van der Waals surface area contributed by atoms with E-state index in [9.17, 15) is 0 Å². The highest BCUT2D eigenvalue weighted by Gasteiger charge is 2.54. The molecule has 8 nitrogen and oxygen atoms in total. The first kappa shape index (κ1) is 38.3. The van der Waals surface area contributed by atoms with Crippen LogP contribution in [0.25, 0.3) is 0 Å². The van der Waals surface area contributed by atoms with Gasteiger partial charge in [0.15, 0.2) is 12.3 Å². The van der Waals surface area contributed by atoms with Crippen LogP contribution in [0.5, 0.6) is 0 Å². The minimum atomic E-state index is -0.991. The van der Waals surface area contributed by atoms with Crippen LogP contribution in [0.4, 0.5) is 11.4 Å². The van der Waals surface area contributed by atoms with Crippen LogP contribution in [-0.2, 0) is 36.0 Å². The summed E-state index contributed by atoms with van der Waals surface area (Å²) in [5, 5.41) is 8.38. The Balaban J connectivity index is 0.000000278. The zero-order chi connectivity index (χ0) is 35.1. The van der Waals surface area contributed by atoms with Gasteiger partial charge in [-0.05, 0) is 71.4 Å². The maximum absolute atomic E-state index is 8.38. The van der Waals surface area contributed by atoms with Crippen molar-refractivity contribution in [1.82, 2.24) is 4.67 Å². The lowest BCUT2D eigenvalue weighted by Crippen LogP contribution is -2.47. The number of rotatable bonds is 9. The summed E-state index contributed by atoms with van der Waals surface area (Å²) < 4.78 is 28.0. The third-order valence-corrected chi connectivity index (χ3v) is 12.6. The van der Waals surface area contributed by atoms with Crippen molar-refractivity contribution in [2.24, 2.45) is 0 Å². The third-order valence-electron chi connectivity index (χ3n) is 10.7. The fraction of sp³-hybridized carbons (Fsp3) is 0.537. The Morgan fingerprint density at radius 3 is 2.52 bits per heavy atom. The predicted octanol–water partition coefficient (Wildman–Crippen LogP) is 8.73. The number of ether oxygens (including phenoxy) is 2. The summed E-state index contributed by atoms with van der Waals surface area (Å²) in [5.41, 5.74) is 12.3. The maximum Gasteiger partial charge on any atom is 0.258 e. The van der Waals surface area contributed by atoms with E-state index in [-0.39, 0.29) is 30.5 Å². The van der Waals surface area contributed by atoms with E-state index in [1.165, 1.54) is 50.6 Å². The lowest BCUT2D eigenvalue weighted by Gasteiger charge is -2.42. The topological polar surface area (TPSA) is 70.2 Å². The van der Waals surface area contributed by atoms with Crippen LogP contribution in [0.2, 0.25) is 0 Å². The van der Waals surface area contributed by atoms with Gasteiger partial charge in [-0.2, -0.15) is 9.84 Å². The second-order valence-corrected chi connectivity index (χ2v) is 16.5. The molecule has 0 spiro atoms. The Bertz CT molecular complexity index is 1700. The van der Waals surface area contributed by atoms with Crippen molar-refractivity contribution in [1.29, 1.82) is 5.26 Å². The van der Waals surface area contributed by atoms with Gasteiger partial charge in [-0.3, -0.25) is 0 Å². The van der Waals surface area contributed by atoms with Crippen molar-refractivity contribution in [3.63, 3.8) is 0 Å². The summed E-state index contributed by atoms with van der Waals surface area (Å²) in [6.07, 6.45) is 5.41.